The number of nitrogens with one attached hydrogen (secondary N) is 1. The molecule has 1 amide bonds. The SMILES string of the molecule is CN(C)c1ccc(/C=N\NC(=O)CSc2nnc(-c3ccccc3)n2-c2ccc(Br)cc2)cc1. The van der Waals surface area contributed by atoms with Crippen LogP contribution in [-0.4, -0.2) is 46.7 Å². The number of aromatic nitrogens is 3. The van der Waals surface area contributed by atoms with Crippen molar-refractivity contribution in [3.05, 3.63) is 88.9 Å². The van der Waals surface area contributed by atoms with Crippen LogP contribution in [0.3, 0.4) is 0 Å². The van der Waals surface area contributed by atoms with Gasteiger partial charge in [-0.25, -0.2) is 5.43 Å². The molecule has 0 aliphatic heterocycles. The summed E-state index contributed by atoms with van der Waals surface area (Å²) in [5.41, 5.74) is 6.44. The van der Waals surface area contributed by atoms with E-state index in [0.717, 1.165) is 27.0 Å². The molecule has 4 rings (SSSR count). The predicted molar refractivity (Wildman–Crippen MR) is 142 cm³/mol. The fourth-order valence-corrected chi connectivity index (χ4v) is 4.17. The van der Waals surface area contributed by atoms with Gasteiger partial charge in [0.05, 0.1) is 12.0 Å². The molecule has 0 aliphatic rings. The van der Waals surface area contributed by atoms with Gasteiger partial charge in [0.15, 0.2) is 11.0 Å². The number of carbonyl (C=O) groups is 1. The van der Waals surface area contributed by atoms with Crippen LogP contribution in [-0.2, 0) is 4.79 Å². The van der Waals surface area contributed by atoms with E-state index in [4.69, 9.17) is 0 Å². The number of thioether (sulfide) groups is 1. The molecule has 0 atom stereocenters. The summed E-state index contributed by atoms with van der Waals surface area (Å²) in [6.45, 7) is 0. The zero-order valence-electron chi connectivity index (χ0n) is 18.7. The highest BCUT2D eigenvalue weighted by molar-refractivity contribution is 9.10. The Morgan fingerprint density at radius 2 is 1.74 bits per heavy atom. The van der Waals surface area contributed by atoms with Crippen LogP contribution in [0.5, 0.6) is 0 Å². The van der Waals surface area contributed by atoms with Crippen molar-refractivity contribution in [3.63, 3.8) is 0 Å². The van der Waals surface area contributed by atoms with Crippen LogP contribution in [0.4, 0.5) is 5.69 Å². The second kappa shape index (κ2) is 11.1. The summed E-state index contributed by atoms with van der Waals surface area (Å²) in [5, 5.41) is 13.5. The first-order valence-corrected chi connectivity index (χ1v) is 12.3. The van der Waals surface area contributed by atoms with Crippen molar-refractivity contribution < 1.29 is 4.79 Å². The quantitative estimate of drug-likeness (QED) is 0.195. The van der Waals surface area contributed by atoms with Crippen LogP contribution in [0, 0.1) is 0 Å². The number of hydrogen-bond acceptors (Lipinski definition) is 6. The van der Waals surface area contributed by atoms with E-state index < -0.39 is 0 Å². The molecule has 3 aromatic carbocycles. The summed E-state index contributed by atoms with van der Waals surface area (Å²) in [7, 11) is 3.97. The van der Waals surface area contributed by atoms with Crippen molar-refractivity contribution in [2.24, 2.45) is 5.10 Å². The molecule has 1 N–H and O–H groups in total. The Morgan fingerprint density at radius 3 is 2.41 bits per heavy atom. The van der Waals surface area contributed by atoms with Gasteiger partial charge in [-0.15, -0.1) is 10.2 Å². The number of hydrogen-bond donors (Lipinski definition) is 1. The number of benzene rings is 3. The van der Waals surface area contributed by atoms with Crippen LogP contribution >= 0.6 is 27.7 Å². The summed E-state index contributed by atoms with van der Waals surface area (Å²) in [5.74, 6) is 0.642. The Kier molecular flexibility index (Phi) is 7.76. The Bertz CT molecular complexity index is 1270. The van der Waals surface area contributed by atoms with Crippen LogP contribution in [0.1, 0.15) is 5.56 Å². The third-order valence-electron chi connectivity index (χ3n) is 4.89. The molecule has 4 aromatic rings. The Morgan fingerprint density at radius 1 is 1.03 bits per heavy atom. The van der Waals surface area contributed by atoms with Gasteiger partial charge in [0, 0.05) is 35.5 Å². The zero-order valence-corrected chi connectivity index (χ0v) is 21.1. The van der Waals surface area contributed by atoms with Gasteiger partial charge in [-0.05, 0) is 42.0 Å². The van der Waals surface area contributed by atoms with Crippen molar-refractivity contribution >= 4 is 45.5 Å². The number of carbonyl (C=O) groups excluding carboxylic acids is 1. The number of hydrazone groups is 1. The lowest BCUT2D eigenvalue weighted by Gasteiger charge is -2.11. The molecule has 0 unspecified atom stereocenters. The highest BCUT2D eigenvalue weighted by Gasteiger charge is 2.17. The first kappa shape index (κ1) is 23.7. The van der Waals surface area contributed by atoms with Crippen molar-refractivity contribution in [3.8, 4) is 17.1 Å². The topological polar surface area (TPSA) is 75.4 Å². The second-order valence-electron chi connectivity index (χ2n) is 7.55. The monoisotopic (exact) mass is 534 g/mol. The van der Waals surface area contributed by atoms with E-state index in [9.17, 15) is 4.79 Å². The molecule has 0 fully saturated rings. The van der Waals surface area contributed by atoms with Crippen LogP contribution in [0.2, 0.25) is 0 Å². The fourth-order valence-electron chi connectivity index (χ4n) is 3.16. The number of nitrogens with zero attached hydrogens (tertiary/aromatic N) is 5. The maximum atomic E-state index is 12.4. The van der Waals surface area contributed by atoms with E-state index in [-0.39, 0.29) is 11.7 Å². The summed E-state index contributed by atoms with van der Waals surface area (Å²) in [6.07, 6.45) is 1.62. The van der Waals surface area contributed by atoms with E-state index >= 15 is 0 Å². The first-order chi connectivity index (χ1) is 16.5. The van der Waals surface area contributed by atoms with Crippen LogP contribution in [0.25, 0.3) is 17.1 Å². The highest BCUT2D eigenvalue weighted by Crippen LogP contribution is 2.28. The molecule has 0 saturated heterocycles. The van der Waals surface area contributed by atoms with Crippen LogP contribution < -0.4 is 10.3 Å². The molecular formula is C25H23BrN6OS. The minimum absolute atomic E-state index is 0.153. The van der Waals surface area contributed by atoms with Gasteiger partial charge in [-0.3, -0.25) is 9.36 Å². The normalized spacial score (nSPS) is 11.0. The molecule has 0 spiro atoms. The minimum atomic E-state index is -0.224. The summed E-state index contributed by atoms with van der Waals surface area (Å²) in [6, 6.07) is 25.6. The average molecular weight is 535 g/mol. The van der Waals surface area contributed by atoms with E-state index in [1.807, 2.05) is 102 Å². The molecule has 1 heterocycles. The smallest absolute Gasteiger partial charge is 0.250 e. The summed E-state index contributed by atoms with van der Waals surface area (Å²) in [4.78, 5) is 14.4. The van der Waals surface area contributed by atoms with Gasteiger partial charge < -0.3 is 4.90 Å². The van der Waals surface area contributed by atoms with Gasteiger partial charge in [0.1, 0.15) is 0 Å². The number of rotatable bonds is 8. The van der Waals surface area contributed by atoms with E-state index in [0.29, 0.717) is 11.0 Å². The molecule has 0 bridgehead atoms. The highest BCUT2D eigenvalue weighted by atomic mass is 79.9. The van der Waals surface area contributed by atoms with Gasteiger partial charge >= 0.3 is 0 Å². The zero-order chi connectivity index (χ0) is 23.9. The van der Waals surface area contributed by atoms with E-state index in [2.05, 4.69) is 36.7 Å². The molecule has 9 heteroatoms. The number of amides is 1. The van der Waals surface area contributed by atoms with Gasteiger partial charge in [-0.2, -0.15) is 5.10 Å². The summed E-state index contributed by atoms with van der Waals surface area (Å²) >= 11 is 4.78. The average Bonchev–Trinajstić information content (AvgIpc) is 3.28. The largest absolute Gasteiger partial charge is 0.378 e. The molecular weight excluding hydrogens is 512 g/mol. The first-order valence-electron chi connectivity index (χ1n) is 10.5. The van der Waals surface area contributed by atoms with E-state index in [1.165, 1.54) is 11.8 Å². The molecule has 1 aromatic heterocycles. The van der Waals surface area contributed by atoms with Crippen molar-refractivity contribution in [1.29, 1.82) is 0 Å². The van der Waals surface area contributed by atoms with Crippen molar-refractivity contribution in [2.75, 3.05) is 24.7 Å². The van der Waals surface area contributed by atoms with Gasteiger partial charge in [0.2, 0.25) is 0 Å². The lowest BCUT2D eigenvalue weighted by molar-refractivity contribution is -0.118. The van der Waals surface area contributed by atoms with E-state index in [1.54, 1.807) is 6.21 Å². The standard InChI is InChI=1S/C25H23BrN6OS/c1-31(2)21-12-8-18(9-13-21)16-27-28-23(33)17-34-25-30-29-24(19-6-4-3-5-7-19)32(25)22-14-10-20(26)11-15-22/h3-16H,17H2,1-2H3,(H,28,33)/b27-16-. The number of halogens is 1. The van der Waals surface area contributed by atoms with Crippen LogP contribution in [0.15, 0.2) is 93.6 Å². The van der Waals surface area contributed by atoms with Crippen molar-refractivity contribution in [2.45, 2.75) is 5.16 Å². The lowest BCUT2D eigenvalue weighted by Crippen LogP contribution is -2.20. The summed E-state index contributed by atoms with van der Waals surface area (Å²) < 4.78 is 2.93. The molecule has 34 heavy (non-hydrogen) atoms. The Hall–Kier alpha value is -3.43. The molecule has 0 radical (unpaired) electrons. The van der Waals surface area contributed by atoms with Crippen molar-refractivity contribution in [1.82, 2.24) is 20.2 Å². The lowest BCUT2D eigenvalue weighted by atomic mass is 10.2. The predicted octanol–water partition coefficient (Wildman–Crippen LogP) is 5.01. The molecule has 7 nitrogen and oxygen atoms in total. The van der Waals surface area contributed by atoms with Gasteiger partial charge in [0.25, 0.3) is 5.91 Å². The third kappa shape index (κ3) is 5.92. The second-order valence-corrected chi connectivity index (χ2v) is 9.41. The minimum Gasteiger partial charge on any atom is -0.378 e. The molecule has 172 valence electrons. The fraction of sp³-hybridized carbons (Fsp3) is 0.120. The molecule has 0 aliphatic carbocycles. The third-order valence-corrected chi connectivity index (χ3v) is 6.35. The maximum Gasteiger partial charge on any atom is 0.250 e. The van der Waals surface area contributed by atoms with Gasteiger partial charge in [-0.1, -0.05) is 70.2 Å². The molecule has 0 saturated carbocycles. The number of anilines is 1. The Labute approximate surface area is 211 Å². The Balaban J connectivity index is 1.45. The maximum absolute atomic E-state index is 12.4.